The maximum atomic E-state index is 12.9. The molecule has 3 aromatic heterocycles. The molecule has 7 heteroatoms. The van der Waals surface area contributed by atoms with Crippen LogP contribution in [0.4, 0.5) is 5.69 Å². The first-order chi connectivity index (χ1) is 15.5. The van der Waals surface area contributed by atoms with Crippen molar-refractivity contribution >= 4 is 11.6 Å². The third-order valence-corrected chi connectivity index (χ3v) is 6.37. The van der Waals surface area contributed by atoms with Crippen molar-refractivity contribution in [2.45, 2.75) is 33.4 Å². The SMILES string of the molecule is COc1cc(-c2cc(N3CC(CC(=O)N4Cc5nc(C)cc(C)c5C4)C3)ccn2)ccn1. The lowest BCUT2D eigenvalue weighted by Crippen LogP contribution is -2.48. The molecule has 1 fully saturated rings. The van der Waals surface area contributed by atoms with Gasteiger partial charge in [-0.2, -0.15) is 0 Å². The Morgan fingerprint density at radius 3 is 2.72 bits per heavy atom. The number of aromatic nitrogens is 3. The Morgan fingerprint density at radius 2 is 1.91 bits per heavy atom. The van der Waals surface area contributed by atoms with Crippen LogP contribution in [-0.2, 0) is 17.9 Å². The summed E-state index contributed by atoms with van der Waals surface area (Å²) >= 11 is 0. The number of anilines is 1. The molecule has 0 aliphatic carbocycles. The number of methoxy groups -OCH3 is 1. The molecule has 0 saturated carbocycles. The lowest BCUT2D eigenvalue weighted by atomic mass is 9.94. The first kappa shape index (κ1) is 20.4. The van der Waals surface area contributed by atoms with Crippen LogP contribution in [0.25, 0.3) is 11.3 Å². The number of hydrogen-bond acceptors (Lipinski definition) is 6. The van der Waals surface area contributed by atoms with Crippen molar-refractivity contribution in [1.82, 2.24) is 19.9 Å². The second kappa shape index (κ2) is 8.22. The minimum absolute atomic E-state index is 0.226. The molecule has 2 aliphatic heterocycles. The number of ether oxygens (including phenoxy) is 1. The molecule has 164 valence electrons. The van der Waals surface area contributed by atoms with E-state index in [9.17, 15) is 4.79 Å². The highest BCUT2D eigenvalue weighted by Crippen LogP contribution is 2.31. The van der Waals surface area contributed by atoms with Gasteiger partial charge in [0.25, 0.3) is 0 Å². The standard InChI is InChI=1S/C25H27N5O2/c1-16-8-17(2)28-23-15-30(14-21(16)23)25(31)9-18-12-29(13-18)20-5-7-26-22(11-20)19-4-6-27-24(10-19)32-3/h4-8,10-11,18H,9,12-15H2,1-3H3. The maximum absolute atomic E-state index is 12.9. The van der Waals surface area contributed by atoms with E-state index in [1.165, 1.54) is 11.1 Å². The lowest BCUT2D eigenvalue weighted by molar-refractivity contribution is -0.133. The summed E-state index contributed by atoms with van der Waals surface area (Å²) in [6, 6.07) is 10.0. The van der Waals surface area contributed by atoms with Crippen molar-refractivity contribution in [2.75, 3.05) is 25.1 Å². The van der Waals surface area contributed by atoms with Gasteiger partial charge in [-0.05, 0) is 49.2 Å². The summed E-state index contributed by atoms with van der Waals surface area (Å²) < 4.78 is 5.22. The summed E-state index contributed by atoms with van der Waals surface area (Å²) in [5.41, 5.74) is 7.51. The first-order valence-corrected chi connectivity index (χ1v) is 11.0. The van der Waals surface area contributed by atoms with Gasteiger partial charge in [-0.15, -0.1) is 0 Å². The topological polar surface area (TPSA) is 71.5 Å². The number of rotatable bonds is 5. The summed E-state index contributed by atoms with van der Waals surface area (Å²) in [5, 5.41) is 0. The highest BCUT2D eigenvalue weighted by atomic mass is 16.5. The fourth-order valence-electron chi connectivity index (χ4n) is 4.63. The molecule has 32 heavy (non-hydrogen) atoms. The molecule has 1 saturated heterocycles. The van der Waals surface area contributed by atoms with Crippen LogP contribution < -0.4 is 9.64 Å². The van der Waals surface area contributed by atoms with Crippen molar-refractivity contribution in [2.24, 2.45) is 5.92 Å². The number of pyridine rings is 3. The molecule has 0 radical (unpaired) electrons. The van der Waals surface area contributed by atoms with Gasteiger partial charge in [-0.3, -0.25) is 14.8 Å². The fourth-order valence-corrected chi connectivity index (χ4v) is 4.63. The average Bonchev–Trinajstić information content (AvgIpc) is 3.20. The van der Waals surface area contributed by atoms with Crippen molar-refractivity contribution in [3.63, 3.8) is 0 Å². The molecular weight excluding hydrogens is 402 g/mol. The van der Waals surface area contributed by atoms with Gasteiger partial charge in [0.05, 0.1) is 25.0 Å². The van der Waals surface area contributed by atoms with Crippen LogP contribution in [0.2, 0.25) is 0 Å². The molecule has 0 spiro atoms. The van der Waals surface area contributed by atoms with Crippen LogP contribution in [-0.4, -0.2) is 46.0 Å². The first-order valence-electron chi connectivity index (χ1n) is 11.0. The average molecular weight is 430 g/mol. The number of nitrogens with zero attached hydrogens (tertiary/aromatic N) is 5. The van der Waals surface area contributed by atoms with E-state index in [1.807, 2.05) is 36.2 Å². The predicted molar refractivity (Wildman–Crippen MR) is 122 cm³/mol. The predicted octanol–water partition coefficient (Wildman–Crippen LogP) is 3.53. The third-order valence-electron chi connectivity index (χ3n) is 6.37. The third kappa shape index (κ3) is 3.90. The zero-order valence-electron chi connectivity index (χ0n) is 18.7. The van der Waals surface area contributed by atoms with Crippen LogP contribution in [0, 0.1) is 19.8 Å². The van der Waals surface area contributed by atoms with Gasteiger partial charge in [0.15, 0.2) is 0 Å². The molecular formula is C25H27N5O2. The summed E-state index contributed by atoms with van der Waals surface area (Å²) in [4.78, 5) is 30.5. The van der Waals surface area contributed by atoms with E-state index >= 15 is 0 Å². The number of carbonyl (C=O) groups excluding carboxylic acids is 1. The van der Waals surface area contributed by atoms with Gasteiger partial charge in [0, 0.05) is 67.4 Å². The highest BCUT2D eigenvalue weighted by molar-refractivity contribution is 5.78. The Morgan fingerprint density at radius 1 is 1.09 bits per heavy atom. The molecule has 0 N–H and O–H groups in total. The monoisotopic (exact) mass is 429 g/mol. The Balaban J connectivity index is 1.19. The van der Waals surface area contributed by atoms with Gasteiger partial charge < -0.3 is 14.5 Å². The summed E-state index contributed by atoms with van der Waals surface area (Å²) in [7, 11) is 1.61. The molecule has 3 aromatic rings. The second-order valence-corrected chi connectivity index (χ2v) is 8.72. The van der Waals surface area contributed by atoms with Gasteiger partial charge in [0.1, 0.15) is 0 Å². The van der Waals surface area contributed by atoms with Crippen molar-refractivity contribution in [3.05, 3.63) is 65.2 Å². The molecule has 0 aromatic carbocycles. The zero-order chi connectivity index (χ0) is 22.2. The molecule has 5 rings (SSSR count). The molecule has 0 unspecified atom stereocenters. The van der Waals surface area contributed by atoms with Crippen molar-refractivity contribution < 1.29 is 9.53 Å². The molecule has 2 aliphatic rings. The minimum Gasteiger partial charge on any atom is -0.481 e. The van der Waals surface area contributed by atoms with Gasteiger partial charge in [-0.25, -0.2) is 4.98 Å². The summed E-state index contributed by atoms with van der Waals surface area (Å²) in [5.74, 6) is 1.17. The Hall–Kier alpha value is -3.48. The minimum atomic E-state index is 0.226. The maximum Gasteiger partial charge on any atom is 0.223 e. The van der Waals surface area contributed by atoms with Gasteiger partial charge >= 0.3 is 0 Å². The van der Waals surface area contributed by atoms with E-state index in [0.29, 0.717) is 31.3 Å². The van der Waals surface area contributed by atoms with E-state index in [0.717, 1.165) is 41.4 Å². The number of hydrogen-bond donors (Lipinski definition) is 0. The summed E-state index contributed by atoms with van der Waals surface area (Å²) in [6.45, 7) is 7.20. The Labute approximate surface area is 188 Å². The van der Waals surface area contributed by atoms with Crippen molar-refractivity contribution in [1.29, 1.82) is 0 Å². The zero-order valence-corrected chi connectivity index (χ0v) is 18.7. The highest BCUT2D eigenvalue weighted by Gasteiger charge is 2.33. The van der Waals surface area contributed by atoms with E-state index in [-0.39, 0.29) is 5.91 Å². The van der Waals surface area contributed by atoms with Crippen LogP contribution >= 0.6 is 0 Å². The van der Waals surface area contributed by atoms with E-state index in [1.54, 1.807) is 13.3 Å². The fraction of sp³-hybridized carbons (Fsp3) is 0.360. The lowest BCUT2D eigenvalue weighted by Gasteiger charge is -2.41. The van der Waals surface area contributed by atoms with Gasteiger partial charge in [0.2, 0.25) is 11.8 Å². The van der Waals surface area contributed by atoms with E-state index < -0.39 is 0 Å². The van der Waals surface area contributed by atoms with Crippen molar-refractivity contribution in [3.8, 4) is 17.1 Å². The smallest absolute Gasteiger partial charge is 0.223 e. The summed E-state index contributed by atoms with van der Waals surface area (Å²) in [6.07, 6.45) is 4.14. The largest absolute Gasteiger partial charge is 0.481 e. The van der Waals surface area contributed by atoms with Crippen LogP contribution in [0.15, 0.2) is 42.7 Å². The Bertz CT molecular complexity index is 1170. The quantitative estimate of drug-likeness (QED) is 0.618. The van der Waals surface area contributed by atoms with E-state index in [4.69, 9.17) is 4.74 Å². The molecule has 5 heterocycles. The number of amides is 1. The molecule has 1 amide bonds. The van der Waals surface area contributed by atoms with Crippen LogP contribution in [0.5, 0.6) is 5.88 Å². The molecule has 0 bridgehead atoms. The Kier molecular flexibility index (Phi) is 5.25. The van der Waals surface area contributed by atoms with Gasteiger partial charge in [-0.1, -0.05) is 0 Å². The van der Waals surface area contributed by atoms with Crippen LogP contribution in [0.1, 0.15) is 28.9 Å². The molecule has 7 nitrogen and oxygen atoms in total. The van der Waals surface area contributed by atoms with Crippen LogP contribution in [0.3, 0.4) is 0 Å². The van der Waals surface area contributed by atoms with E-state index in [2.05, 4.69) is 38.9 Å². The second-order valence-electron chi connectivity index (χ2n) is 8.72. The number of fused-ring (bicyclic) bond motifs is 1. The normalized spacial score (nSPS) is 15.5. The molecule has 0 atom stereocenters. The number of aryl methyl sites for hydroxylation is 2. The number of carbonyl (C=O) groups is 1.